The Morgan fingerprint density at radius 2 is 1.89 bits per heavy atom. The molecule has 1 heterocycles. The van der Waals surface area contributed by atoms with Gasteiger partial charge in [-0.1, -0.05) is 42.5 Å². The molecule has 0 radical (unpaired) electrons. The third-order valence-corrected chi connectivity index (χ3v) is 5.61. The normalized spacial score (nSPS) is 19.9. The number of carbonyl (C=O) groups is 1. The van der Waals surface area contributed by atoms with Gasteiger partial charge in [-0.05, 0) is 48.6 Å². The molecule has 2 aliphatic rings. The number of nitrogens with one attached hydrogen (secondary N) is 2. The van der Waals surface area contributed by atoms with Crippen LogP contribution in [0.2, 0.25) is 0 Å². The Morgan fingerprint density at radius 3 is 2.61 bits per heavy atom. The van der Waals surface area contributed by atoms with Crippen LogP contribution in [0.1, 0.15) is 41.1 Å². The second kappa shape index (κ2) is 7.76. The van der Waals surface area contributed by atoms with Crippen molar-refractivity contribution in [1.82, 2.24) is 10.6 Å². The Labute approximate surface area is 168 Å². The molecule has 0 bridgehead atoms. The van der Waals surface area contributed by atoms with Gasteiger partial charge in [-0.3, -0.25) is 4.79 Å². The van der Waals surface area contributed by atoms with Crippen LogP contribution in [0.4, 0.5) is 13.2 Å². The Kier molecular flexibility index (Phi) is 5.73. The first kappa shape index (κ1) is 20.7. The van der Waals surface area contributed by atoms with Crippen molar-refractivity contribution in [2.45, 2.75) is 36.9 Å². The van der Waals surface area contributed by atoms with Gasteiger partial charge in [0.05, 0.1) is 11.0 Å². The predicted octanol–water partition coefficient (Wildman–Crippen LogP) is 4.16. The van der Waals surface area contributed by atoms with Crippen LogP contribution in [0, 0.1) is 0 Å². The second-order valence-electron chi connectivity index (χ2n) is 7.33. The molecule has 0 spiro atoms. The molecule has 28 heavy (non-hydrogen) atoms. The minimum atomic E-state index is -4.40. The highest BCUT2D eigenvalue weighted by Crippen LogP contribution is 2.49. The number of benzene rings is 2. The summed E-state index contributed by atoms with van der Waals surface area (Å²) < 4.78 is 39.0. The fourth-order valence-corrected chi connectivity index (χ4v) is 3.90. The van der Waals surface area contributed by atoms with Gasteiger partial charge in [0.15, 0.2) is 0 Å². The molecule has 2 aromatic rings. The molecule has 150 valence electrons. The number of carbonyl (C=O) groups excluding carboxylic acids is 1. The minimum Gasteiger partial charge on any atom is -0.353 e. The maximum Gasteiger partial charge on any atom is 0.416 e. The molecule has 1 atom stereocenters. The van der Waals surface area contributed by atoms with Crippen molar-refractivity contribution in [3.05, 3.63) is 70.8 Å². The maximum atomic E-state index is 13.0. The highest BCUT2D eigenvalue weighted by atomic mass is 35.5. The van der Waals surface area contributed by atoms with Crippen LogP contribution >= 0.6 is 12.4 Å². The first-order chi connectivity index (χ1) is 12.9. The molecule has 1 fully saturated rings. The van der Waals surface area contributed by atoms with Crippen LogP contribution in [0.15, 0.2) is 48.5 Å². The summed E-state index contributed by atoms with van der Waals surface area (Å²) in [7, 11) is 0. The quantitative estimate of drug-likeness (QED) is 0.794. The van der Waals surface area contributed by atoms with Crippen molar-refractivity contribution in [3.8, 4) is 0 Å². The lowest BCUT2D eigenvalue weighted by Gasteiger charge is -2.28. The molecule has 4 rings (SSSR count). The van der Waals surface area contributed by atoms with E-state index in [-0.39, 0.29) is 24.4 Å². The van der Waals surface area contributed by atoms with Gasteiger partial charge in [0.25, 0.3) is 0 Å². The summed E-state index contributed by atoms with van der Waals surface area (Å²) >= 11 is 0. The summed E-state index contributed by atoms with van der Waals surface area (Å²) in [6.07, 6.45) is -2.29. The number of hydrogen-bond acceptors (Lipinski definition) is 2. The van der Waals surface area contributed by atoms with Gasteiger partial charge in [-0.25, -0.2) is 0 Å². The van der Waals surface area contributed by atoms with Crippen LogP contribution in [-0.4, -0.2) is 19.0 Å². The number of rotatable bonds is 4. The first-order valence-corrected chi connectivity index (χ1v) is 9.17. The molecule has 3 nitrogen and oxygen atoms in total. The lowest BCUT2D eigenvalue weighted by molar-refractivity contribution is -0.137. The summed E-state index contributed by atoms with van der Waals surface area (Å²) in [5, 5.41) is 6.38. The van der Waals surface area contributed by atoms with Crippen molar-refractivity contribution >= 4 is 18.3 Å². The molecular formula is C21H22ClF3N2O. The van der Waals surface area contributed by atoms with E-state index in [1.807, 2.05) is 12.1 Å². The van der Waals surface area contributed by atoms with Gasteiger partial charge in [0.1, 0.15) is 0 Å². The van der Waals surface area contributed by atoms with E-state index < -0.39 is 17.2 Å². The number of halogens is 4. The van der Waals surface area contributed by atoms with Crippen LogP contribution in [-0.2, 0) is 22.8 Å². The van der Waals surface area contributed by atoms with E-state index >= 15 is 0 Å². The van der Waals surface area contributed by atoms with Crippen LogP contribution < -0.4 is 10.6 Å². The van der Waals surface area contributed by atoms with E-state index in [1.165, 1.54) is 17.2 Å². The van der Waals surface area contributed by atoms with Gasteiger partial charge < -0.3 is 10.6 Å². The molecule has 1 aliphatic heterocycles. The zero-order valence-corrected chi connectivity index (χ0v) is 16.0. The maximum absolute atomic E-state index is 13.0. The van der Waals surface area contributed by atoms with Gasteiger partial charge in [0, 0.05) is 12.6 Å². The monoisotopic (exact) mass is 410 g/mol. The molecule has 1 saturated carbocycles. The van der Waals surface area contributed by atoms with Crippen LogP contribution in [0.3, 0.4) is 0 Å². The van der Waals surface area contributed by atoms with E-state index in [2.05, 4.69) is 22.8 Å². The average molecular weight is 411 g/mol. The highest BCUT2D eigenvalue weighted by molar-refractivity contribution is 5.91. The molecule has 1 amide bonds. The molecule has 1 aliphatic carbocycles. The third kappa shape index (κ3) is 3.89. The smallest absolute Gasteiger partial charge is 0.353 e. The SMILES string of the molecule is Cl.O=C(NCC1NCCc2ccccc21)C1(c2cccc(C(F)(F)F)c2)CC1. The van der Waals surface area contributed by atoms with Gasteiger partial charge in [-0.2, -0.15) is 13.2 Å². The van der Waals surface area contributed by atoms with Crippen molar-refractivity contribution in [3.63, 3.8) is 0 Å². The Hall–Kier alpha value is -2.05. The molecule has 2 aromatic carbocycles. The van der Waals surface area contributed by atoms with E-state index in [1.54, 1.807) is 6.07 Å². The second-order valence-corrected chi connectivity index (χ2v) is 7.33. The zero-order valence-electron chi connectivity index (χ0n) is 15.2. The lowest BCUT2D eigenvalue weighted by atomic mass is 9.92. The number of hydrogen-bond donors (Lipinski definition) is 2. The topological polar surface area (TPSA) is 41.1 Å². The fraction of sp³-hybridized carbons (Fsp3) is 0.381. The number of fused-ring (bicyclic) bond motifs is 1. The molecule has 0 aromatic heterocycles. The standard InChI is InChI=1S/C21H21F3N2O.ClH/c22-21(23,24)16-6-3-5-15(12-16)20(9-10-20)19(27)26-13-18-17-7-2-1-4-14(17)8-11-25-18;/h1-7,12,18,25H,8-11,13H2,(H,26,27);1H. The largest absolute Gasteiger partial charge is 0.416 e. The summed E-state index contributed by atoms with van der Waals surface area (Å²) in [4.78, 5) is 12.8. The highest BCUT2D eigenvalue weighted by Gasteiger charge is 2.51. The van der Waals surface area contributed by atoms with Crippen molar-refractivity contribution in [2.24, 2.45) is 0 Å². The lowest BCUT2D eigenvalue weighted by Crippen LogP contribution is -2.42. The minimum absolute atomic E-state index is 0. The molecule has 1 unspecified atom stereocenters. The van der Waals surface area contributed by atoms with E-state index in [0.29, 0.717) is 24.9 Å². The third-order valence-electron chi connectivity index (χ3n) is 5.61. The van der Waals surface area contributed by atoms with Gasteiger partial charge in [0.2, 0.25) is 5.91 Å². The molecule has 0 saturated heterocycles. The number of amides is 1. The van der Waals surface area contributed by atoms with Gasteiger partial charge in [-0.15, -0.1) is 12.4 Å². The average Bonchev–Trinajstić information content (AvgIpc) is 3.47. The Balaban J connectivity index is 0.00000225. The van der Waals surface area contributed by atoms with Crippen molar-refractivity contribution in [2.75, 3.05) is 13.1 Å². The molecule has 2 N–H and O–H groups in total. The van der Waals surface area contributed by atoms with Crippen LogP contribution in [0.25, 0.3) is 0 Å². The van der Waals surface area contributed by atoms with E-state index in [4.69, 9.17) is 0 Å². The van der Waals surface area contributed by atoms with Crippen LogP contribution in [0.5, 0.6) is 0 Å². The molecular weight excluding hydrogens is 389 g/mol. The zero-order chi connectivity index (χ0) is 19.1. The predicted molar refractivity (Wildman–Crippen MR) is 104 cm³/mol. The fourth-order valence-electron chi connectivity index (χ4n) is 3.90. The van der Waals surface area contributed by atoms with Crippen molar-refractivity contribution in [1.29, 1.82) is 0 Å². The summed E-state index contributed by atoms with van der Waals surface area (Å²) in [6.45, 7) is 1.27. The van der Waals surface area contributed by atoms with E-state index in [9.17, 15) is 18.0 Å². The summed E-state index contributed by atoms with van der Waals surface area (Å²) in [6, 6.07) is 13.3. The molecule has 7 heteroatoms. The summed E-state index contributed by atoms with van der Waals surface area (Å²) in [5.41, 5.74) is 1.37. The Morgan fingerprint density at radius 1 is 1.14 bits per heavy atom. The van der Waals surface area contributed by atoms with E-state index in [0.717, 1.165) is 25.1 Å². The number of alkyl halides is 3. The van der Waals surface area contributed by atoms with Crippen molar-refractivity contribution < 1.29 is 18.0 Å². The first-order valence-electron chi connectivity index (χ1n) is 9.17. The summed E-state index contributed by atoms with van der Waals surface area (Å²) in [5.74, 6) is -0.188. The Bertz CT molecular complexity index is 865. The van der Waals surface area contributed by atoms with Gasteiger partial charge >= 0.3 is 6.18 Å².